The number of ether oxygens (including phenoxy) is 1. The molecule has 0 bridgehead atoms. The fourth-order valence-corrected chi connectivity index (χ4v) is 2.53. The van der Waals surface area contributed by atoms with E-state index in [1.54, 1.807) is 62.6 Å². The molecule has 1 unspecified atom stereocenters. The molecule has 1 heterocycles. The van der Waals surface area contributed by atoms with Crippen LogP contribution in [0, 0.1) is 0 Å². The number of halogens is 1. The lowest BCUT2D eigenvalue weighted by molar-refractivity contribution is -0.119. The van der Waals surface area contributed by atoms with Gasteiger partial charge in [0, 0.05) is 16.3 Å². The smallest absolute Gasteiger partial charge is 0.365 e. The lowest BCUT2D eigenvalue weighted by atomic mass is 10.2. The third-order valence-electron chi connectivity index (χ3n) is 3.96. The van der Waals surface area contributed by atoms with Crippen LogP contribution in [0.25, 0.3) is 11.3 Å². The number of hydrogen-bond acceptors (Lipinski definition) is 5. The van der Waals surface area contributed by atoms with Gasteiger partial charge in [-0.15, -0.1) is 0 Å². The first-order valence-corrected chi connectivity index (χ1v) is 8.52. The molecule has 0 aliphatic carbocycles. The zero-order chi connectivity index (χ0) is 19.4. The van der Waals surface area contributed by atoms with E-state index in [1.165, 1.54) is 6.20 Å². The van der Waals surface area contributed by atoms with Gasteiger partial charge in [-0.05, 0) is 43.3 Å². The van der Waals surface area contributed by atoms with E-state index in [1.807, 2.05) is 0 Å². The van der Waals surface area contributed by atoms with E-state index in [9.17, 15) is 9.59 Å². The Morgan fingerprint density at radius 1 is 1.15 bits per heavy atom. The number of methoxy groups -OCH3 is 1. The van der Waals surface area contributed by atoms with Crippen LogP contribution in [0.1, 0.15) is 13.0 Å². The van der Waals surface area contributed by atoms with Gasteiger partial charge in [0.15, 0.2) is 0 Å². The molecule has 8 heteroatoms. The fourth-order valence-electron chi connectivity index (χ4n) is 2.41. The van der Waals surface area contributed by atoms with E-state index in [0.29, 0.717) is 27.7 Å². The van der Waals surface area contributed by atoms with Crippen molar-refractivity contribution in [2.75, 3.05) is 12.4 Å². The first-order valence-electron chi connectivity index (χ1n) is 8.14. The molecule has 0 saturated carbocycles. The highest BCUT2D eigenvalue weighted by molar-refractivity contribution is 6.30. The van der Waals surface area contributed by atoms with Gasteiger partial charge in [0.2, 0.25) is 5.91 Å². The molecule has 0 radical (unpaired) electrons. The highest BCUT2D eigenvalue weighted by Gasteiger charge is 2.18. The molecule has 0 fully saturated rings. The molecule has 0 saturated heterocycles. The number of nitrogens with zero attached hydrogens (tertiary/aromatic N) is 3. The minimum absolute atomic E-state index is 0.379. The largest absolute Gasteiger partial charge is 0.497 e. The summed E-state index contributed by atoms with van der Waals surface area (Å²) in [5.74, 6) is 0.303. The fraction of sp³-hybridized carbons (Fsp3) is 0.158. The number of aromatic nitrogens is 3. The summed E-state index contributed by atoms with van der Waals surface area (Å²) in [5.41, 5.74) is 1.11. The Hall–Kier alpha value is -3.19. The maximum absolute atomic E-state index is 12.4. The summed E-state index contributed by atoms with van der Waals surface area (Å²) in [6, 6.07) is 12.9. The van der Waals surface area contributed by atoms with Gasteiger partial charge in [-0.1, -0.05) is 23.7 Å². The second kappa shape index (κ2) is 8.01. The number of anilines is 1. The Morgan fingerprint density at radius 2 is 1.81 bits per heavy atom. The predicted molar refractivity (Wildman–Crippen MR) is 103 cm³/mol. The van der Waals surface area contributed by atoms with Gasteiger partial charge in [-0.2, -0.15) is 10.1 Å². The van der Waals surface area contributed by atoms with Gasteiger partial charge >= 0.3 is 5.69 Å². The Balaban J connectivity index is 1.77. The molecule has 1 amide bonds. The molecule has 1 atom stereocenters. The third-order valence-corrected chi connectivity index (χ3v) is 4.21. The monoisotopic (exact) mass is 384 g/mol. The SMILES string of the molecule is COc1ccc(NC(=O)C(C)n2ncc(-c3ccc(Cl)cc3)nc2=O)cc1. The van der Waals surface area contributed by atoms with Crippen LogP contribution in [0.4, 0.5) is 5.69 Å². The molecule has 0 aliphatic heterocycles. The van der Waals surface area contributed by atoms with Crippen molar-refractivity contribution in [2.24, 2.45) is 0 Å². The van der Waals surface area contributed by atoms with Gasteiger partial charge in [-0.3, -0.25) is 4.79 Å². The van der Waals surface area contributed by atoms with Crippen LogP contribution in [0.3, 0.4) is 0 Å². The highest BCUT2D eigenvalue weighted by atomic mass is 35.5. The lowest BCUT2D eigenvalue weighted by Crippen LogP contribution is -2.34. The van der Waals surface area contributed by atoms with Crippen molar-refractivity contribution in [2.45, 2.75) is 13.0 Å². The van der Waals surface area contributed by atoms with Crippen LogP contribution in [0.15, 0.2) is 59.5 Å². The van der Waals surface area contributed by atoms with E-state index in [4.69, 9.17) is 16.3 Å². The van der Waals surface area contributed by atoms with Crippen LogP contribution in [0.5, 0.6) is 5.75 Å². The van der Waals surface area contributed by atoms with E-state index in [-0.39, 0.29) is 5.91 Å². The number of amides is 1. The minimum atomic E-state index is -0.827. The molecule has 0 spiro atoms. The average molecular weight is 385 g/mol. The summed E-state index contributed by atoms with van der Waals surface area (Å²) in [5, 5.41) is 7.42. The Labute approximate surface area is 160 Å². The molecule has 0 aliphatic rings. The quantitative estimate of drug-likeness (QED) is 0.730. The first-order chi connectivity index (χ1) is 13.0. The van der Waals surface area contributed by atoms with Crippen LogP contribution >= 0.6 is 11.6 Å². The van der Waals surface area contributed by atoms with Crippen molar-refractivity contribution < 1.29 is 9.53 Å². The van der Waals surface area contributed by atoms with Crippen molar-refractivity contribution in [1.82, 2.24) is 14.8 Å². The first kappa shape index (κ1) is 18.6. The zero-order valence-electron chi connectivity index (χ0n) is 14.7. The topological polar surface area (TPSA) is 86.1 Å². The number of nitrogens with one attached hydrogen (secondary N) is 1. The van der Waals surface area contributed by atoms with Gasteiger partial charge in [0.1, 0.15) is 11.8 Å². The zero-order valence-corrected chi connectivity index (χ0v) is 15.5. The lowest BCUT2D eigenvalue weighted by Gasteiger charge is -2.14. The van der Waals surface area contributed by atoms with Crippen LogP contribution in [-0.4, -0.2) is 27.8 Å². The van der Waals surface area contributed by atoms with Crippen molar-refractivity contribution in [1.29, 1.82) is 0 Å². The molecule has 3 rings (SSSR count). The van der Waals surface area contributed by atoms with Crippen LogP contribution in [-0.2, 0) is 4.79 Å². The molecular formula is C19H17ClN4O3. The summed E-state index contributed by atoms with van der Waals surface area (Å²) in [7, 11) is 1.56. The van der Waals surface area contributed by atoms with Gasteiger partial charge in [-0.25, -0.2) is 9.48 Å². The maximum Gasteiger partial charge on any atom is 0.365 e. The summed E-state index contributed by atoms with van der Waals surface area (Å²) in [6.45, 7) is 1.58. The number of benzene rings is 2. The van der Waals surface area contributed by atoms with Crippen LogP contribution < -0.4 is 15.7 Å². The molecule has 138 valence electrons. The highest BCUT2D eigenvalue weighted by Crippen LogP contribution is 2.19. The summed E-state index contributed by atoms with van der Waals surface area (Å²) < 4.78 is 6.12. The normalized spacial score (nSPS) is 11.7. The van der Waals surface area contributed by atoms with E-state index < -0.39 is 11.7 Å². The van der Waals surface area contributed by atoms with Crippen molar-refractivity contribution >= 4 is 23.2 Å². The summed E-state index contributed by atoms with van der Waals surface area (Å²) in [4.78, 5) is 28.8. The minimum Gasteiger partial charge on any atom is -0.497 e. The Bertz CT molecular complexity index is 1000. The average Bonchev–Trinajstić information content (AvgIpc) is 2.68. The third kappa shape index (κ3) is 4.32. The standard InChI is InChI=1S/C19H17ClN4O3/c1-12(18(25)22-15-7-9-16(27-2)10-8-15)24-19(26)23-17(11-21-24)13-3-5-14(20)6-4-13/h3-12H,1-2H3,(H,22,25). The van der Waals surface area contributed by atoms with E-state index >= 15 is 0 Å². The van der Waals surface area contributed by atoms with Crippen molar-refractivity contribution in [3.05, 3.63) is 70.2 Å². The van der Waals surface area contributed by atoms with Gasteiger partial charge < -0.3 is 10.1 Å². The van der Waals surface area contributed by atoms with Gasteiger partial charge in [0.25, 0.3) is 0 Å². The molecule has 3 aromatic rings. The second-order valence-electron chi connectivity index (χ2n) is 5.77. The molecule has 2 aromatic carbocycles. The number of rotatable bonds is 5. The summed E-state index contributed by atoms with van der Waals surface area (Å²) >= 11 is 5.86. The van der Waals surface area contributed by atoms with Crippen molar-refractivity contribution in [3.8, 4) is 17.0 Å². The Morgan fingerprint density at radius 3 is 2.41 bits per heavy atom. The molecule has 1 aromatic heterocycles. The number of carbonyl (C=O) groups is 1. The van der Waals surface area contributed by atoms with Crippen molar-refractivity contribution in [3.63, 3.8) is 0 Å². The molecule has 1 N–H and O–H groups in total. The molecule has 7 nitrogen and oxygen atoms in total. The Kier molecular flexibility index (Phi) is 5.52. The second-order valence-corrected chi connectivity index (χ2v) is 6.21. The summed E-state index contributed by atoms with van der Waals surface area (Å²) in [6.07, 6.45) is 1.45. The van der Waals surface area contributed by atoms with Crippen LogP contribution in [0.2, 0.25) is 5.02 Å². The van der Waals surface area contributed by atoms with E-state index in [2.05, 4.69) is 15.4 Å². The molecule has 27 heavy (non-hydrogen) atoms. The maximum atomic E-state index is 12.4. The van der Waals surface area contributed by atoms with E-state index in [0.717, 1.165) is 4.68 Å². The number of hydrogen-bond donors (Lipinski definition) is 1. The molecular weight excluding hydrogens is 368 g/mol. The predicted octanol–water partition coefficient (Wildman–Crippen LogP) is 3.17. The van der Waals surface area contributed by atoms with Gasteiger partial charge in [0.05, 0.1) is 19.0 Å². The number of carbonyl (C=O) groups excluding carboxylic acids is 1.